The molecule has 0 bridgehead atoms. The van der Waals surface area contributed by atoms with Gasteiger partial charge in [0.1, 0.15) is 0 Å². The molecule has 0 aromatic heterocycles. The van der Waals surface area contributed by atoms with Crippen molar-refractivity contribution in [3.63, 3.8) is 0 Å². The Labute approximate surface area is 104 Å². The molecule has 0 aliphatic heterocycles. The summed E-state index contributed by atoms with van der Waals surface area (Å²) >= 11 is 0. The molecular weight excluding hydrogens is 194 g/mol. The summed E-state index contributed by atoms with van der Waals surface area (Å²) < 4.78 is 0. The summed E-state index contributed by atoms with van der Waals surface area (Å²) in [7, 11) is 2.27. The van der Waals surface area contributed by atoms with Gasteiger partial charge in [0.2, 0.25) is 0 Å². The predicted molar refractivity (Wildman–Crippen MR) is 74.8 cm³/mol. The molecule has 1 nitrogen and oxygen atoms in total. The van der Waals surface area contributed by atoms with Crippen molar-refractivity contribution in [2.24, 2.45) is 10.8 Å². The molecule has 0 spiro atoms. The molecule has 0 amide bonds. The van der Waals surface area contributed by atoms with Crippen molar-refractivity contribution in [3.8, 4) is 0 Å². The third-order valence-corrected chi connectivity index (χ3v) is 3.75. The highest BCUT2D eigenvalue weighted by Crippen LogP contribution is 2.35. The standard InChI is InChI=1S/C15H33N/c1-12(14(5,6)7)16(10)15(8,9)11-13(2,3)4/h12H,11H2,1-10H3. The van der Waals surface area contributed by atoms with Gasteiger partial charge in [-0.3, -0.25) is 4.90 Å². The molecule has 0 saturated heterocycles. The van der Waals surface area contributed by atoms with Crippen LogP contribution in [-0.2, 0) is 0 Å². The summed E-state index contributed by atoms with van der Waals surface area (Å²) in [5.41, 5.74) is 0.976. The Morgan fingerprint density at radius 1 is 0.875 bits per heavy atom. The molecule has 0 N–H and O–H groups in total. The van der Waals surface area contributed by atoms with Gasteiger partial charge in [0.15, 0.2) is 0 Å². The van der Waals surface area contributed by atoms with Gasteiger partial charge in [0, 0.05) is 11.6 Å². The largest absolute Gasteiger partial charge is 0.298 e. The second-order valence-corrected chi connectivity index (χ2v) is 8.20. The molecule has 1 unspecified atom stereocenters. The zero-order chi connectivity index (χ0) is 13.4. The Bertz CT molecular complexity index is 215. The van der Waals surface area contributed by atoms with Crippen LogP contribution < -0.4 is 0 Å². The maximum Gasteiger partial charge on any atom is 0.0158 e. The van der Waals surface area contributed by atoms with Gasteiger partial charge >= 0.3 is 0 Å². The van der Waals surface area contributed by atoms with Crippen molar-refractivity contribution in [2.75, 3.05) is 7.05 Å². The average Bonchev–Trinajstić information content (AvgIpc) is 1.95. The van der Waals surface area contributed by atoms with Gasteiger partial charge in [0.25, 0.3) is 0 Å². The SMILES string of the molecule is CC(N(C)C(C)(C)CC(C)(C)C)C(C)(C)C. The van der Waals surface area contributed by atoms with Crippen LogP contribution in [0.2, 0.25) is 0 Å². The van der Waals surface area contributed by atoms with Crippen LogP contribution in [0.25, 0.3) is 0 Å². The van der Waals surface area contributed by atoms with E-state index in [0.29, 0.717) is 16.9 Å². The average molecular weight is 227 g/mol. The second-order valence-electron chi connectivity index (χ2n) is 8.20. The Kier molecular flexibility index (Phi) is 4.67. The zero-order valence-corrected chi connectivity index (χ0v) is 13.2. The van der Waals surface area contributed by atoms with Gasteiger partial charge in [-0.1, -0.05) is 41.5 Å². The van der Waals surface area contributed by atoms with Crippen LogP contribution in [0.4, 0.5) is 0 Å². The van der Waals surface area contributed by atoms with Gasteiger partial charge in [0.05, 0.1) is 0 Å². The van der Waals surface area contributed by atoms with Gasteiger partial charge in [-0.05, 0) is 45.1 Å². The molecule has 1 heteroatoms. The lowest BCUT2D eigenvalue weighted by molar-refractivity contribution is 0.0237. The topological polar surface area (TPSA) is 3.24 Å². The van der Waals surface area contributed by atoms with Crippen molar-refractivity contribution in [3.05, 3.63) is 0 Å². The first-order valence-electron chi connectivity index (χ1n) is 6.50. The van der Waals surface area contributed by atoms with Crippen LogP contribution in [0.5, 0.6) is 0 Å². The summed E-state index contributed by atoms with van der Waals surface area (Å²) in [4.78, 5) is 2.54. The van der Waals surface area contributed by atoms with E-state index < -0.39 is 0 Å². The van der Waals surface area contributed by atoms with E-state index in [1.54, 1.807) is 0 Å². The lowest BCUT2D eigenvalue weighted by Crippen LogP contribution is -2.52. The maximum absolute atomic E-state index is 2.54. The first-order chi connectivity index (χ1) is 6.77. The highest BCUT2D eigenvalue weighted by atomic mass is 15.2. The smallest absolute Gasteiger partial charge is 0.0158 e. The van der Waals surface area contributed by atoms with Crippen LogP contribution in [0.3, 0.4) is 0 Å². The molecule has 0 saturated carbocycles. The molecule has 98 valence electrons. The van der Waals surface area contributed by atoms with E-state index in [1.165, 1.54) is 6.42 Å². The Balaban J connectivity index is 4.76. The van der Waals surface area contributed by atoms with Crippen LogP contribution in [0.1, 0.15) is 68.7 Å². The first kappa shape index (κ1) is 16.0. The summed E-state index contributed by atoms with van der Waals surface area (Å²) in [6.07, 6.45) is 1.22. The monoisotopic (exact) mass is 227 g/mol. The van der Waals surface area contributed by atoms with Crippen LogP contribution in [0, 0.1) is 10.8 Å². The second kappa shape index (κ2) is 4.68. The molecule has 0 radical (unpaired) electrons. The number of hydrogen-bond acceptors (Lipinski definition) is 1. The van der Waals surface area contributed by atoms with E-state index in [4.69, 9.17) is 0 Å². The third kappa shape index (κ3) is 4.86. The summed E-state index contributed by atoms with van der Waals surface area (Å²) in [6.45, 7) is 21.0. The Morgan fingerprint density at radius 2 is 1.25 bits per heavy atom. The lowest BCUT2D eigenvalue weighted by Gasteiger charge is -2.47. The first-order valence-corrected chi connectivity index (χ1v) is 6.50. The molecule has 0 aliphatic rings. The van der Waals surface area contributed by atoms with Crippen molar-refractivity contribution in [1.29, 1.82) is 0 Å². The molecule has 0 rings (SSSR count). The van der Waals surface area contributed by atoms with Crippen molar-refractivity contribution in [1.82, 2.24) is 4.90 Å². The normalized spacial score (nSPS) is 16.7. The van der Waals surface area contributed by atoms with E-state index >= 15 is 0 Å². The summed E-state index contributed by atoms with van der Waals surface area (Å²) in [5.74, 6) is 0. The third-order valence-electron chi connectivity index (χ3n) is 3.75. The molecule has 0 aromatic carbocycles. The molecule has 0 heterocycles. The summed E-state index contributed by atoms with van der Waals surface area (Å²) in [6, 6.07) is 0.588. The van der Waals surface area contributed by atoms with Gasteiger partial charge < -0.3 is 0 Å². The van der Waals surface area contributed by atoms with E-state index in [-0.39, 0.29) is 5.54 Å². The summed E-state index contributed by atoms with van der Waals surface area (Å²) in [5, 5.41) is 0. The minimum Gasteiger partial charge on any atom is -0.298 e. The van der Waals surface area contributed by atoms with E-state index in [0.717, 1.165) is 0 Å². The van der Waals surface area contributed by atoms with Crippen LogP contribution >= 0.6 is 0 Å². The van der Waals surface area contributed by atoms with Gasteiger partial charge in [-0.2, -0.15) is 0 Å². The lowest BCUT2D eigenvalue weighted by atomic mass is 9.78. The maximum atomic E-state index is 2.54. The zero-order valence-electron chi connectivity index (χ0n) is 13.2. The van der Waals surface area contributed by atoms with Crippen molar-refractivity contribution < 1.29 is 0 Å². The van der Waals surface area contributed by atoms with Crippen LogP contribution in [-0.4, -0.2) is 23.5 Å². The van der Waals surface area contributed by atoms with Gasteiger partial charge in [-0.25, -0.2) is 0 Å². The number of hydrogen-bond donors (Lipinski definition) is 0. The minimum atomic E-state index is 0.255. The fraction of sp³-hybridized carbons (Fsp3) is 1.00. The molecule has 1 atom stereocenters. The van der Waals surface area contributed by atoms with Crippen molar-refractivity contribution in [2.45, 2.75) is 80.3 Å². The number of nitrogens with zero attached hydrogens (tertiary/aromatic N) is 1. The molecular formula is C15H33N. The fourth-order valence-electron chi connectivity index (χ4n) is 2.53. The molecule has 16 heavy (non-hydrogen) atoms. The predicted octanol–water partition coefficient (Wildman–Crippen LogP) is 4.57. The number of rotatable bonds is 3. The van der Waals surface area contributed by atoms with Gasteiger partial charge in [-0.15, -0.1) is 0 Å². The highest BCUT2D eigenvalue weighted by molar-refractivity contribution is 4.90. The Morgan fingerprint density at radius 3 is 1.50 bits per heavy atom. The van der Waals surface area contributed by atoms with E-state index in [1.807, 2.05) is 0 Å². The van der Waals surface area contributed by atoms with Crippen molar-refractivity contribution >= 4 is 0 Å². The van der Waals surface area contributed by atoms with E-state index in [9.17, 15) is 0 Å². The molecule has 0 aliphatic carbocycles. The Hall–Kier alpha value is -0.0400. The highest BCUT2D eigenvalue weighted by Gasteiger charge is 2.35. The van der Waals surface area contributed by atoms with Crippen LogP contribution in [0.15, 0.2) is 0 Å². The quantitative estimate of drug-likeness (QED) is 0.683. The van der Waals surface area contributed by atoms with E-state index in [2.05, 4.69) is 74.3 Å². The fourth-order valence-corrected chi connectivity index (χ4v) is 2.53. The minimum absolute atomic E-state index is 0.255. The molecule has 0 aromatic rings. The molecule has 0 fully saturated rings.